The lowest BCUT2D eigenvalue weighted by Gasteiger charge is -2.22. The van der Waals surface area contributed by atoms with Crippen molar-refractivity contribution in [3.8, 4) is 0 Å². The molecule has 1 atom stereocenters. The van der Waals surface area contributed by atoms with Crippen molar-refractivity contribution in [2.45, 2.75) is 45.2 Å². The number of hydrogen-bond donors (Lipinski definition) is 2. The van der Waals surface area contributed by atoms with E-state index in [0.717, 1.165) is 5.56 Å². The van der Waals surface area contributed by atoms with E-state index in [-0.39, 0.29) is 28.8 Å². The predicted molar refractivity (Wildman–Crippen MR) is 126 cm³/mol. The van der Waals surface area contributed by atoms with E-state index in [0.29, 0.717) is 18.1 Å². The van der Waals surface area contributed by atoms with Crippen LogP contribution in [0.25, 0.3) is 0 Å². The molecule has 0 bridgehead atoms. The Hall–Kier alpha value is -2.42. The second kappa shape index (κ2) is 11.4. The molecular weight excluding hydrogens is 450 g/mol. The van der Waals surface area contributed by atoms with E-state index in [1.54, 1.807) is 32.0 Å². The lowest BCUT2D eigenvalue weighted by Crippen LogP contribution is -2.49. The highest BCUT2D eigenvalue weighted by Crippen LogP contribution is 2.17. The second-order valence-electron chi connectivity index (χ2n) is 7.66. The lowest BCUT2D eigenvalue weighted by atomic mass is 10.0. The molecule has 2 aromatic carbocycles. The quantitative estimate of drug-likeness (QED) is 0.545. The molecule has 2 aromatic rings. The number of nitrogens with one attached hydrogen (secondary N) is 2. The van der Waals surface area contributed by atoms with Crippen molar-refractivity contribution >= 4 is 33.4 Å². The van der Waals surface area contributed by atoms with Crippen molar-refractivity contribution in [2.75, 3.05) is 13.1 Å². The monoisotopic (exact) mass is 479 g/mol. The molecule has 2 N–H and O–H groups in total. The highest BCUT2D eigenvalue weighted by atomic mass is 35.5. The Morgan fingerprint density at radius 1 is 1.03 bits per heavy atom. The number of halogens is 1. The van der Waals surface area contributed by atoms with Crippen molar-refractivity contribution in [1.29, 1.82) is 0 Å². The first-order valence-corrected chi connectivity index (χ1v) is 12.3. The summed E-state index contributed by atoms with van der Waals surface area (Å²) in [7, 11) is -3.70. The molecule has 0 aliphatic heterocycles. The third-order valence-electron chi connectivity index (χ3n) is 5.03. The minimum absolute atomic E-state index is 0.0420. The molecule has 32 heavy (non-hydrogen) atoms. The Labute approximate surface area is 195 Å². The summed E-state index contributed by atoms with van der Waals surface area (Å²) in [4.78, 5) is 25.6. The number of amides is 2. The summed E-state index contributed by atoms with van der Waals surface area (Å²) in [6.45, 7) is 8.10. The molecular formula is C23H30ClN3O4S. The van der Waals surface area contributed by atoms with Crippen LogP contribution in [0, 0.1) is 5.92 Å². The highest BCUT2D eigenvalue weighted by molar-refractivity contribution is 7.89. The third-order valence-corrected chi connectivity index (χ3v) is 7.31. The van der Waals surface area contributed by atoms with E-state index in [1.807, 2.05) is 19.9 Å². The zero-order chi connectivity index (χ0) is 23.9. The average molecular weight is 480 g/mol. The summed E-state index contributed by atoms with van der Waals surface area (Å²) in [5.41, 5.74) is 1.01. The van der Waals surface area contributed by atoms with Crippen LogP contribution >= 0.6 is 11.6 Å². The van der Waals surface area contributed by atoms with Gasteiger partial charge in [-0.2, -0.15) is 4.31 Å². The minimum Gasteiger partial charge on any atom is -0.350 e. The first-order valence-electron chi connectivity index (χ1n) is 10.5. The van der Waals surface area contributed by atoms with Crippen LogP contribution in [0.3, 0.4) is 0 Å². The first-order chi connectivity index (χ1) is 15.1. The second-order valence-corrected chi connectivity index (χ2v) is 10.0. The van der Waals surface area contributed by atoms with Gasteiger partial charge >= 0.3 is 0 Å². The lowest BCUT2D eigenvalue weighted by molar-refractivity contribution is -0.124. The van der Waals surface area contributed by atoms with Gasteiger partial charge in [0.1, 0.15) is 6.04 Å². The van der Waals surface area contributed by atoms with Crippen LogP contribution in [-0.4, -0.2) is 43.7 Å². The van der Waals surface area contributed by atoms with Gasteiger partial charge in [-0.1, -0.05) is 57.5 Å². The molecule has 0 heterocycles. The summed E-state index contributed by atoms with van der Waals surface area (Å²) < 4.78 is 26.9. The highest BCUT2D eigenvalue weighted by Gasteiger charge is 2.26. The summed E-state index contributed by atoms with van der Waals surface area (Å²) in [6, 6.07) is 12.2. The maximum absolute atomic E-state index is 12.9. The molecule has 7 nitrogen and oxygen atoms in total. The molecule has 9 heteroatoms. The maximum Gasteiger partial charge on any atom is 0.251 e. The van der Waals surface area contributed by atoms with Crippen LogP contribution in [0.15, 0.2) is 53.4 Å². The summed E-state index contributed by atoms with van der Waals surface area (Å²) in [6.07, 6.45) is 0. The number of hydrogen-bond acceptors (Lipinski definition) is 4. The van der Waals surface area contributed by atoms with E-state index in [1.165, 1.54) is 28.6 Å². The average Bonchev–Trinajstić information content (AvgIpc) is 2.76. The van der Waals surface area contributed by atoms with Gasteiger partial charge < -0.3 is 10.6 Å². The van der Waals surface area contributed by atoms with Crippen LogP contribution in [-0.2, 0) is 21.4 Å². The van der Waals surface area contributed by atoms with Gasteiger partial charge in [-0.05, 0) is 41.8 Å². The standard InChI is InChI=1S/C23H30ClN3O4S/c1-5-27(6-2)32(30,31)20-12-8-10-18(14-20)22(28)26-21(16(3)4)23(29)25-15-17-9-7-11-19(24)13-17/h7-14,16,21H,5-6,15H2,1-4H3,(H,25,29)(H,26,28). The van der Waals surface area contributed by atoms with Gasteiger partial charge in [0.2, 0.25) is 15.9 Å². The van der Waals surface area contributed by atoms with Gasteiger partial charge in [0.25, 0.3) is 5.91 Å². The van der Waals surface area contributed by atoms with Crippen LogP contribution in [0.5, 0.6) is 0 Å². The number of benzene rings is 2. The Morgan fingerprint density at radius 3 is 2.28 bits per heavy atom. The molecule has 0 saturated heterocycles. The summed E-state index contributed by atoms with van der Waals surface area (Å²) in [5.74, 6) is -1.03. The fraction of sp³-hybridized carbons (Fsp3) is 0.391. The molecule has 0 radical (unpaired) electrons. The van der Waals surface area contributed by atoms with E-state index in [2.05, 4.69) is 10.6 Å². The maximum atomic E-state index is 12.9. The molecule has 2 amide bonds. The molecule has 0 fully saturated rings. The van der Waals surface area contributed by atoms with E-state index in [4.69, 9.17) is 11.6 Å². The molecule has 0 aliphatic carbocycles. The zero-order valence-electron chi connectivity index (χ0n) is 18.8. The smallest absolute Gasteiger partial charge is 0.251 e. The largest absolute Gasteiger partial charge is 0.350 e. The van der Waals surface area contributed by atoms with E-state index >= 15 is 0 Å². The van der Waals surface area contributed by atoms with E-state index < -0.39 is 22.0 Å². The Balaban J connectivity index is 2.15. The third kappa shape index (κ3) is 6.54. The number of sulfonamides is 1. The van der Waals surface area contributed by atoms with Gasteiger partial charge in [0, 0.05) is 30.2 Å². The Morgan fingerprint density at radius 2 is 1.69 bits per heavy atom. The molecule has 1 unspecified atom stereocenters. The van der Waals surface area contributed by atoms with Crippen molar-refractivity contribution in [3.63, 3.8) is 0 Å². The van der Waals surface area contributed by atoms with Crippen molar-refractivity contribution < 1.29 is 18.0 Å². The molecule has 0 aliphatic rings. The van der Waals surface area contributed by atoms with Gasteiger partial charge in [-0.15, -0.1) is 0 Å². The Bertz CT molecular complexity index is 1050. The summed E-state index contributed by atoms with van der Waals surface area (Å²) in [5, 5.41) is 6.12. The number of nitrogens with zero attached hydrogens (tertiary/aromatic N) is 1. The molecule has 0 spiro atoms. The normalized spacial score (nSPS) is 12.6. The molecule has 0 saturated carbocycles. The molecule has 174 valence electrons. The minimum atomic E-state index is -3.70. The molecule has 2 rings (SSSR count). The first kappa shape index (κ1) is 25.8. The van der Waals surface area contributed by atoms with Crippen LogP contribution in [0.1, 0.15) is 43.6 Å². The Kier molecular flexibility index (Phi) is 9.24. The topological polar surface area (TPSA) is 95.6 Å². The van der Waals surface area contributed by atoms with Crippen molar-refractivity contribution in [3.05, 3.63) is 64.7 Å². The van der Waals surface area contributed by atoms with Gasteiger partial charge in [0.15, 0.2) is 0 Å². The number of carbonyl (C=O) groups excluding carboxylic acids is 2. The van der Waals surface area contributed by atoms with E-state index in [9.17, 15) is 18.0 Å². The van der Waals surface area contributed by atoms with Gasteiger partial charge in [0.05, 0.1) is 4.90 Å². The van der Waals surface area contributed by atoms with Crippen molar-refractivity contribution in [2.24, 2.45) is 5.92 Å². The fourth-order valence-electron chi connectivity index (χ4n) is 3.22. The fourth-order valence-corrected chi connectivity index (χ4v) is 4.93. The molecule has 0 aromatic heterocycles. The van der Waals surface area contributed by atoms with Crippen LogP contribution in [0.2, 0.25) is 5.02 Å². The van der Waals surface area contributed by atoms with Crippen molar-refractivity contribution in [1.82, 2.24) is 14.9 Å². The SMILES string of the molecule is CCN(CC)S(=O)(=O)c1cccc(C(=O)NC(C(=O)NCc2cccc(Cl)c2)C(C)C)c1. The van der Waals surface area contributed by atoms with Crippen LogP contribution in [0.4, 0.5) is 0 Å². The zero-order valence-corrected chi connectivity index (χ0v) is 20.3. The van der Waals surface area contributed by atoms with Crippen LogP contribution < -0.4 is 10.6 Å². The number of rotatable bonds is 10. The van der Waals surface area contributed by atoms with Gasteiger partial charge in [-0.3, -0.25) is 9.59 Å². The summed E-state index contributed by atoms with van der Waals surface area (Å²) >= 11 is 5.98. The van der Waals surface area contributed by atoms with Gasteiger partial charge in [-0.25, -0.2) is 8.42 Å². The number of carbonyl (C=O) groups is 2. The predicted octanol–water partition coefficient (Wildman–Crippen LogP) is 3.44.